The van der Waals surface area contributed by atoms with Crippen molar-refractivity contribution < 1.29 is 4.74 Å². The van der Waals surface area contributed by atoms with Gasteiger partial charge in [-0.2, -0.15) is 0 Å². The van der Waals surface area contributed by atoms with Crippen molar-refractivity contribution in [2.24, 2.45) is 0 Å². The average Bonchev–Trinajstić information content (AvgIpc) is 2.66. The summed E-state index contributed by atoms with van der Waals surface area (Å²) in [6.45, 7) is 4.26. The second kappa shape index (κ2) is 4.94. The van der Waals surface area contributed by atoms with Crippen molar-refractivity contribution in [1.82, 2.24) is 14.8 Å². The molecule has 0 atom stereocenters. The molecule has 96 valence electrons. The monoisotopic (exact) mass is 257 g/mol. The number of alkyl halides is 1. The van der Waals surface area contributed by atoms with Crippen LogP contribution in [0.3, 0.4) is 0 Å². The van der Waals surface area contributed by atoms with E-state index in [9.17, 15) is 0 Å². The Morgan fingerprint density at radius 2 is 2.00 bits per heavy atom. The highest BCUT2D eigenvalue weighted by molar-refractivity contribution is 6.16. The van der Waals surface area contributed by atoms with Crippen molar-refractivity contribution in [3.63, 3.8) is 0 Å². The maximum atomic E-state index is 5.89. The third-order valence-electron chi connectivity index (χ3n) is 3.65. The van der Waals surface area contributed by atoms with Gasteiger partial charge in [-0.25, -0.2) is 0 Å². The standard InChI is InChI=1S/C12H20ClN3O/c1-9(2)16-10(14-15-11(16)8-13)7-12(17-3)5-4-6-12/h9H,4-8H2,1-3H3. The van der Waals surface area contributed by atoms with Crippen LogP contribution in [0.15, 0.2) is 0 Å². The van der Waals surface area contributed by atoms with Crippen LogP contribution in [-0.4, -0.2) is 27.5 Å². The van der Waals surface area contributed by atoms with Gasteiger partial charge in [0.25, 0.3) is 0 Å². The lowest BCUT2D eigenvalue weighted by atomic mass is 9.77. The van der Waals surface area contributed by atoms with Gasteiger partial charge in [0.05, 0.1) is 11.5 Å². The molecule has 1 aliphatic carbocycles. The van der Waals surface area contributed by atoms with Gasteiger partial charge >= 0.3 is 0 Å². The van der Waals surface area contributed by atoms with E-state index in [2.05, 4.69) is 28.6 Å². The molecule has 0 spiro atoms. The number of hydrogen-bond acceptors (Lipinski definition) is 3. The molecule has 1 saturated carbocycles. The van der Waals surface area contributed by atoms with Crippen molar-refractivity contribution in [3.05, 3.63) is 11.6 Å². The Labute approximate surface area is 107 Å². The number of rotatable bonds is 5. The zero-order valence-electron chi connectivity index (χ0n) is 10.7. The molecule has 0 saturated heterocycles. The predicted octanol–water partition coefficient (Wildman–Crippen LogP) is 2.71. The molecule has 0 unspecified atom stereocenters. The van der Waals surface area contributed by atoms with E-state index >= 15 is 0 Å². The minimum atomic E-state index is -0.0107. The first-order chi connectivity index (χ1) is 8.12. The number of halogens is 1. The lowest BCUT2D eigenvalue weighted by Crippen LogP contribution is -2.42. The summed E-state index contributed by atoms with van der Waals surface area (Å²) in [5.41, 5.74) is -0.0107. The Hall–Kier alpha value is -0.610. The maximum absolute atomic E-state index is 5.89. The molecular formula is C12H20ClN3O. The number of aromatic nitrogens is 3. The molecule has 1 aliphatic rings. The molecule has 0 aliphatic heterocycles. The third-order valence-corrected chi connectivity index (χ3v) is 3.89. The van der Waals surface area contributed by atoms with Crippen molar-refractivity contribution in [3.8, 4) is 0 Å². The van der Waals surface area contributed by atoms with E-state index < -0.39 is 0 Å². The lowest BCUT2D eigenvalue weighted by molar-refractivity contribution is -0.0727. The molecule has 2 rings (SSSR count). The second-order valence-corrected chi connectivity index (χ2v) is 5.31. The second-order valence-electron chi connectivity index (χ2n) is 5.05. The van der Waals surface area contributed by atoms with Gasteiger partial charge in [0, 0.05) is 19.6 Å². The number of nitrogens with zero attached hydrogens (tertiary/aromatic N) is 3. The van der Waals surface area contributed by atoms with Crippen LogP contribution in [0.5, 0.6) is 0 Å². The first-order valence-electron chi connectivity index (χ1n) is 6.15. The van der Waals surface area contributed by atoms with Gasteiger partial charge in [-0.05, 0) is 33.1 Å². The van der Waals surface area contributed by atoms with Gasteiger partial charge in [0.2, 0.25) is 0 Å². The van der Waals surface area contributed by atoms with Crippen LogP contribution in [0.1, 0.15) is 50.8 Å². The van der Waals surface area contributed by atoms with E-state index in [-0.39, 0.29) is 5.60 Å². The maximum Gasteiger partial charge on any atom is 0.148 e. The van der Waals surface area contributed by atoms with E-state index in [0.29, 0.717) is 11.9 Å². The lowest BCUT2D eigenvalue weighted by Gasteiger charge is -2.40. The summed E-state index contributed by atoms with van der Waals surface area (Å²) in [5.74, 6) is 2.25. The molecule has 0 amide bonds. The zero-order chi connectivity index (χ0) is 12.5. The first-order valence-corrected chi connectivity index (χ1v) is 6.69. The summed E-state index contributed by atoms with van der Waals surface area (Å²) >= 11 is 5.89. The van der Waals surface area contributed by atoms with E-state index in [1.807, 2.05) is 0 Å². The molecule has 4 nitrogen and oxygen atoms in total. The molecule has 1 fully saturated rings. The molecule has 17 heavy (non-hydrogen) atoms. The first kappa shape index (κ1) is 12.8. The van der Waals surface area contributed by atoms with E-state index in [1.165, 1.54) is 6.42 Å². The fraction of sp³-hybridized carbons (Fsp3) is 0.833. The minimum absolute atomic E-state index is 0.0107. The topological polar surface area (TPSA) is 39.9 Å². The zero-order valence-corrected chi connectivity index (χ0v) is 11.5. The van der Waals surface area contributed by atoms with Crippen molar-refractivity contribution in [2.45, 2.75) is 57.1 Å². The van der Waals surface area contributed by atoms with Crippen LogP contribution in [0, 0.1) is 0 Å². The smallest absolute Gasteiger partial charge is 0.148 e. The Bertz CT molecular complexity index is 380. The van der Waals surface area contributed by atoms with Crippen molar-refractivity contribution >= 4 is 11.6 Å². The number of hydrogen-bond donors (Lipinski definition) is 0. The minimum Gasteiger partial charge on any atom is -0.378 e. The van der Waals surface area contributed by atoms with Gasteiger partial charge in [0.15, 0.2) is 0 Å². The molecule has 1 aromatic heterocycles. The van der Waals surface area contributed by atoms with Crippen LogP contribution in [-0.2, 0) is 17.0 Å². The largest absolute Gasteiger partial charge is 0.378 e. The molecule has 0 radical (unpaired) electrons. The summed E-state index contributed by atoms with van der Waals surface area (Å²) in [5, 5.41) is 8.43. The fourth-order valence-electron chi connectivity index (χ4n) is 2.48. The van der Waals surface area contributed by atoms with Crippen LogP contribution in [0.2, 0.25) is 0 Å². The van der Waals surface area contributed by atoms with Gasteiger partial charge in [-0.15, -0.1) is 21.8 Å². The van der Waals surface area contributed by atoms with E-state index in [1.54, 1.807) is 7.11 Å². The van der Waals surface area contributed by atoms with Crippen molar-refractivity contribution in [1.29, 1.82) is 0 Å². The van der Waals surface area contributed by atoms with Crippen molar-refractivity contribution in [2.75, 3.05) is 7.11 Å². The fourth-order valence-corrected chi connectivity index (χ4v) is 2.66. The van der Waals surface area contributed by atoms with Crippen LogP contribution < -0.4 is 0 Å². The highest BCUT2D eigenvalue weighted by Crippen LogP contribution is 2.38. The summed E-state index contributed by atoms with van der Waals surface area (Å²) in [6, 6.07) is 0.336. The highest BCUT2D eigenvalue weighted by Gasteiger charge is 2.38. The summed E-state index contributed by atoms with van der Waals surface area (Å²) in [7, 11) is 1.79. The summed E-state index contributed by atoms with van der Waals surface area (Å²) in [4.78, 5) is 0. The SMILES string of the molecule is COC1(Cc2nnc(CCl)n2C(C)C)CCC1. The Morgan fingerprint density at radius 3 is 2.41 bits per heavy atom. The van der Waals surface area contributed by atoms with Gasteiger partial charge < -0.3 is 9.30 Å². The van der Waals surface area contributed by atoms with Gasteiger partial charge in [-0.1, -0.05) is 0 Å². The van der Waals surface area contributed by atoms with E-state index in [0.717, 1.165) is 30.9 Å². The van der Waals surface area contributed by atoms with E-state index in [4.69, 9.17) is 16.3 Å². The molecule has 0 N–H and O–H groups in total. The molecular weight excluding hydrogens is 238 g/mol. The van der Waals surface area contributed by atoms with Crippen LogP contribution in [0.4, 0.5) is 0 Å². The Morgan fingerprint density at radius 1 is 1.35 bits per heavy atom. The Kier molecular flexibility index (Phi) is 3.73. The molecule has 1 aromatic rings. The molecule has 1 heterocycles. The molecule has 5 heteroatoms. The molecule has 0 aromatic carbocycles. The van der Waals surface area contributed by atoms with Crippen LogP contribution in [0.25, 0.3) is 0 Å². The predicted molar refractivity (Wildman–Crippen MR) is 67.3 cm³/mol. The molecule has 0 bridgehead atoms. The number of ether oxygens (including phenoxy) is 1. The summed E-state index contributed by atoms with van der Waals surface area (Å²) in [6.07, 6.45) is 4.31. The van der Waals surface area contributed by atoms with Crippen LogP contribution >= 0.6 is 11.6 Å². The van der Waals surface area contributed by atoms with Gasteiger partial charge in [-0.3, -0.25) is 0 Å². The average molecular weight is 258 g/mol. The van der Waals surface area contributed by atoms with Gasteiger partial charge in [0.1, 0.15) is 11.6 Å². The third kappa shape index (κ3) is 2.33. The quantitative estimate of drug-likeness (QED) is 0.762. The highest BCUT2D eigenvalue weighted by atomic mass is 35.5. The Balaban J connectivity index is 2.23. The normalized spacial score (nSPS) is 18.4. The summed E-state index contributed by atoms with van der Waals surface area (Å²) < 4.78 is 7.77. The number of methoxy groups -OCH3 is 1.